The molecule has 1 saturated heterocycles. The third-order valence-corrected chi connectivity index (χ3v) is 2.08. The van der Waals surface area contributed by atoms with Gasteiger partial charge in [-0.05, 0) is 14.0 Å². The number of rotatable bonds is 2. The van der Waals surface area contributed by atoms with Crippen molar-refractivity contribution in [2.24, 2.45) is 0 Å². The highest BCUT2D eigenvalue weighted by Crippen LogP contribution is 2.05. The minimum Gasteiger partial charge on any atom is -0.353 e. The topological polar surface area (TPSA) is 49.4 Å². The van der Waals surface area contributed by atoms with Crippen molar-refractivity contribution in [3.63, 3.8) is 0 Å². The Morgan fingerprint density at radius 3 is 2.92 bits per heavy atom. The van der Waals surface area contributed by atoms with Gasteiger partial charge in [-0.15, -0.1) is 0 Å². The van der Waals surface area contributed by atoms with Crippen LogP contribution in [0.1, 0.15) is 13.3 Å². The van der Waals surface area contributed by atoms with Gasteiger partial charge in [0.25, 0.3) is 0 Å². The minimum absolute atomic E-state index is 0.0287. The van der Waals surface area contributed by atoms with E-state index in [4.69, 9.17) is 0 Å². The minimum atomic E-state index is -0.253. The fraction of sp³-hybridized carbons (Fsp3) is 0.750. The van der Waals surface area contributed by atoms with Gasteiger partial charge in [0, 0.05) is 19.5 Å². The molecule has 0 aromatic heterocycles. The number of ketones is 1. The van der Waals surface area contributed by atoms with Crippen LogP contribution in [-0.2, 0) is 9.59 Å². The van der Waals surface area contributed by atoms with Gasteiger partial charge in [-0.3, -0.25) is 14.5 Å². The van der Waals surface area contributed by atoms with Crippen molar-refractivity contribution in [1.29, 1.82) is 0 Å². The summed E-state index contributed by atoms with van der Waals surface area (Å²) in [5.41, 5.74) is 0. The highest BCUT2D eigenvalue weighted by Gasteiger charge is 2.27. The van der Waals surface area contributed by atoms with E-state index in [0.29, 0.717) is 13.0 Å². The maximum Gasteiger partial charge on any atom is 0.237 e. The molecule has 0 aromatic rings. The van der Waals surface area contributed by atoms with Gasteiger partial charge in [-0.25, -0.2) is 0 Å². The molecule has 0 radical (unpaired) electrons. The van der Waals surface area contributed by atoms with E-state index in [1.165, 1.54) is 6.92 Å². The molecule has 0 aliphatic carbocycles. The van der Waals surface area contributed by atoms with E-state index >= 15 is 0 Å². The standard InChI is InChI=1S/C8H14N2O2/c1-6(11)5-7-8(12)9-3-4-10(7)2/h7H,3-5H2,1-2H3,(H,9,12). The molecule has 1 aliphatic rings. The predicted octanol–water partition coefficient (Wildman–Crippen LogP) is -0.604. The van der Waals surface area contributed by atoms with Crippen molar-refractivity contribution < 1.29 is 9.59 Å². The lowest BCUT2D eigenvalue weighted by Gasteiger charge is -2.31. The molecule has 4 nitrogen and oxygen atoms in total. The van der Waals surface area contributed by atoms with E-state index in [0.717, 1.165) is 6.54 Å². The summed E-state index contributed by atoms with van der Waals surface area (Å²) in [6.45, 7) is 3.02. The van der Waals surface area contributed by atoms with Crippen molar-refractivity contribution in [2.45, 2.75) is 19.4 Å². The van der Waals surface area contributed by atoms with Gasteiger partial charge in [-0.2, -0.15) is 0 Å². The Morgan fingerprint density at radius 1 is 1.75 bits per heavy atom. The fourth-order valence-corrected chi connectivity index (χ4v) is 1.35. The maximum absolute atomic E-state index is 11.2. The van der Waals surface area contributed by atoms with Gasteiger partial charge < -0.3 is 5.32 Å². The molecule has 1 rings (SSSR count). The number of amides is 1. The van der Waals surface area contributed by atoms with Gasteiger partial charge in [0.1, 0.15) is 5.78 Å². The zero-order chi connectivity index (χ0) is 9.14. The molecule has 1 heterocycles. The first-order valence-electron chi connectivity index (χ1n) is 4.08. The molecule has 4 heteroatoms. The zero-order valence-electron chi connectivity index (χ0n) is 7.46. The number of likely N-dealkylation sites (N-methyl/N-ethyl adjacent to an activating group) is 1. The van der Waals surface area contributed by atoms with Crippen molar-refractivity contribution >= 4 is 11.7 Å². The SMILES string of the molecule is CC(=O)CC1C(=O)NCCN1C. The lowest BCUT2D eigenvalue weighted by atomic mass is 10.1. The van der Waals surface area contributed by atoms with Crippen molar-refractivity contribution in [2.75, 3.05) is 20.1 Å². The number of carbonyl (C=O) groups excluding carboxylic acids is 2. The van der Waals surface area contributed by atoms with Crippen LogP contribution >= 0.6 is 0 Å². The Kier molecular flexibility index (Phi) is 2.81. The first-order valence-corrected chi connectivity index (χ1v) is 4.08. The summed E-state index contributed by atoms with van der Waals surface area (Å²) in [6, 6.07) is -0.253. The van der Waals surface area contributed by atoms with Crippen LogP contribution in [0.5, 0.6) is 0 Å². The second-order valence-corrected chi connectivity index (χ2v) is 3.19. The van der Waals surface area contributed by atoms with Crippen LogP contribution in [0, 0.1) is 0 Å². The fourth-order valence-electron chi connectivity index (χ4n) is 1.35. The molecular weight excluding hydrogens is 156 g/mol. The second kappa shape index (κ2) is 3.67. The Hall–Kier alpha value is -0.900. The number of carbonyl (C=O) groups is 2. The predicted molar refractivity (Wildman–Crippen MR) is 44.7 cm³/mol. The summed E-state index contributed by atoms with van der Waals surface area (Å²) < 4.78 is 0. The number of Topliss-reactive ketones (excluding diaryl/α,β-unsaturated/α-hetero) is 1. The van der Waals surface area contributed by atoms with Gasteiger partial charge in [0.2, 0.25) is 5.91 Å². The van der Waals surface area contributed by atoms with Crippen molar-refractivity contribution in [3.05, 3.63) is 0 Å². The molecule has 1 atom stereocenters. The van der Waals surface area contributed by atoms with Crippen LogP contribution in [0.4, 0.5) is 0 Å². The number of hydrogen-bond donors (Lipinski definition) is 1. The Bertz CT molecular complexity index is 203. The van der Waals surface area contributed by atoms with E-state index < -0.39 is 0 Å². The molecule has 12 heavy (non-hydrogen) atoms. The molecule has 1 unspecified atom stereocenters. The zero-order valence-corrected chi connectivity index (χ0v) is 7.46. The van der Waals surface area contributed by atoms with Gasteiger partial charge in [0.05, 0.1) is 6.04 Å². The molecule has 68 valence electrons. The van der Waals surface area contributed by atoms with Crippen LogP contribution in [-0.4, -0.2) is 42.8 Å². The molecule has 0 aromatic carbocycles. The van der Waals surface area contributed by atoms with E-state index in [9.17, 15) is 9.59 Å². The first kappa shape index (κ1) is 9.19. The van der Waals surface area contributed by atoms with Gasteiger partial charge in [0.15, 0.2) is 0 Å². The van der Waals surface area contributed by atoms with Crippen LogP contribution in [0.2, 0.25) is 0 Å². The summed E-state index contributed by atoms with van der Waals surface area (Å²) in [7, 11) is 1.87. The lowest BCUT2D eigenvalue weighted by Crippen LogP contribution is -2.54. The highest BCUT2D eigenvalue weighted by molar-refractivity contribution is 5.88. The Balaban J connectivity index is 2.57. The first-order chi connectivity index (χ1) is 5.61. The van der Waals surface area contributed by atoms with E-state index in [-0.39, 0.29) is 17.7 Å². The second-order valence-electron chi connectivity index (χ2n) is 3.19. The Labute approximate surface area is 71.9 Å². The van der Waals surface area contributed by atoms with E-state index in [2.05, 4.69) is 5.32 Å². The molecular formula is C8H14N2O2. The summed E-state index contributed by atoms with van der Waals surface area (Å²) in [6.07, 6.45) is 0.322. The molecule has 0 bridgehead atoms. The number of piperazine rings is 1. The van der Waals surface area contributed by atoms with Crippen LogP contribution in [0.15, 0.2) is 0 Å². The van der Waals surface area contributed by atoms with Gasteiger partial charge in [-0.1, -0.05) is 0 Å². The summed E-state index contributed by atoms with van der Waals surface area (Å²) in [5, 5.41) is 2.74. The lowest BCUT2D eigenvalue weighted by molar-refractivity contribution is -0.131. The smallest absolute Gasteiger partial charge is 0.237 e. The van der Waals surface area contributed by atoms with E-state index in [1.54, 1.807) is 0 Å². The van der Waals surface area contributed by atoms with E-state index in [1.807, 2.05) is 11.9 Å². The molecule has 0 saturated carbocycles. The Morgan fingerprint density at radius 2 is 2.42 bits per heavy atom. The molecule has 1 fully saturated rings. The average Bonchev–Trinajstić information content (AvgIpc) is 1.97. The van der Waals surface area contributed by atoms with Gasteiger partial charge >= 0.3 is 0 Å². The largest absolute Gasteiger partial charge is 0.353 e. The van der Waals surface area contributed by atoms with Crippen LogP contribution < -0.4 is 5.32 Å². The van der Waals surface area contributed by atoms with Crippen LogP contribution in [0.25, 0.3) is 0 Å². The molecule has 1 aliphatic heterocycles. The summed E-state index contributed by atoms with van der Waals surface area (Å²) in [5.74, 6) is 0.0304. The van der Waals surface area contributed by atoms with Crippen LogP contribution in [0.3, 0.4) is 0 Å². The monoisotopic (exact) mass is 170 g/mol. The number of hydrogen-bond acceptors (Lipinski definition) is 3. The molecule has 0 spiro atoms. The van der Waals surface area contributed by atoms with Crippen molar-refractivity contribution in [3.8, 4) is 0 Å². The normalized spacial score (nSPS) is 25.2. The molecule has 1 N–H and O–H groups in total. The molecule has 1 amide bonds. The van der Waals surface area contributed by atoms with Crippen molar-refractivity contribution in [1.82, 2.24) is 10.2 Å². The number of nitrogens with one attached hydrogen (secondary N) is 1. The number of nitrogens with zero attached hydrogens (tertiary/aromatic N) is 1. The summed E-state index contributed by atoms with van der Waals surface area (Å²) in [4.78, 5) is 23.9. The summed E-state index contributed by atoms with van der Waals surface area (Å²) >= 11 is 0. The highest BCUT2D eigenvalue weighted by atomic mass is 16.2. The third kappa shape index (κ3) is 2.04. The average molecular weight is 170 g/mol. The quantitative estimate of drug-likeness (QED) is 0.602. The maximum atomic E-state index is 11.2. The third-order valence-electron chi connectivity index (χ3n) is 2.08.